The van der Waals surface area contributed by atoms with Crippen molar-refractivity contribution in [3.8, 4) is 5.75 Å². The van der Waals surface area contributed by atoms with Crippen LogP contribution in [0.3, 0.4) is 0 Å². The minimum Gasteiger partial charge on any atom is -0.494 e. The molecule has 4 nitrogen and oxygen atoms in total. The summed E-state index contributed by atoms with van der Waals surface area (Å²) in [7, 11) is 1.40. The Bertz CT molecular complexity index is 392. The molecule has 1 atom stereocenters. The van der Waals surface area contributed by atoms with Crippen molar-refractivity contribution in [2.75, 3.05) is 13.7 Å². The molecular weight excluding hydrogens is 242 g/mol. The monoisotopic (exact) mass is 265 g/mol. The van der Waals surface area contributed by atoms with Crippen LogP contribution in [0, 0.1) is 0 Å². The summed E-state index contributed by atoms with van der Waals surface area (Å²) in [6, 6.07) is 9.76. The third-order valence-electron chi connectivity index (χ3n) is 2.86. The third kappa shape index (κ3) is 4.91. The lowest BCUT2D eigenvalue weighted by Crippen LogP contribution is -2.53. The van der Waals surface area contributed by atoms with Gasteiger partial charge in [0, 0.05) is 12.5 Å². The molecule has 0 amide bonds. The van der Waals surface area contributed by atoms with Gasteiger partial charge in [-0.3, -0.25) is 10.1 Å². The quantitative estimate of drug-likeness (QED) is 0.769. The molecular formula is C15H23NO3. The molecule has 4 heteroatoms. The predicted octanol–water partition coefficient (Wildman–Crippen LogP) is 2.39. The highest BCUT2D eigenvalue weighted by Crippen LogP contribution is 2.15. The summed E-state index contributed by atoms with van der Waals surface area (Å²) in [5, 5.41) is 3.24. The van der Waals surface area contributed by atoms with E-state index in [9.17, 15) is 4.79 Å². The third-order valence-corrected chi connectivity index (χ3v) is 2.86. The summed E-state index contributed by atoms with van der Waals surface area (Å²) in [5.41, 5.74) is -0.725. The number of carbonyl (C=O) groups is 1. The van der Waals surface area contributed by atoms with Crippen molar-refractivity contribution in [2.45, 2.75) is 38.8 Å². The Kier molecular flexibility index (Phi) is 5.83. The SMILES string of the molecule is COC(=O)C(C)(CCOc1ccccc1)NC(C)C. The molecule has 1 aromatic carbocycles. The average Bonchev–Trinajstić information content (AvgIpc) is 2.38. The molecule has 1 aromatic rings. The fraction of sp³-hybridized carbons (Fsp3) is 0.533. The molecule has 0 saturated carbocycles. The standard InChI is InChI=1S/C15H23NO3/c1-12(2)16-15(3,14(17)18-4)10-11-19-13-8-6-5-7-9-13/h5-9,12,16H,10-11H2,1-4H3. The van der Waals surface area contributed by atoms with Crippen molar-refractivity contribution in [1.29, 1.82) is 0 Å². The number of hydrogen-bond donors (Lipinski definition) is 1. The van der Waals surface area contributed by atoms with Crippen LogP contribution in [0.1, 0.15) is 27.2 Å². The fourth-order valence-corrected chi connectivity index (χ4v) is 1.99. The van der Waals surface area contributed by atoms with E-state index in [1.165, 1.54) is 7.11 Å². The van der Waals surface area contributed by atoms with Gasteiger partial charge in [0.05, 0.1) is 13.7 Å². The van der Waals surface area contributed by atoms with Crippen LogP contribution < -0.4 is 10.1 Å². The average molecular weight is 265 g/mol. The number of rotatable bonds is 7. The van der Waals surface area contributed by atoms with E-state index in [-0.39, 0.29) is 12.0 Å². The molecule has 1 rings (SSSR count). The van der Waals surface area contributed by atoms with E-state index in [2.05, 4.69) is 5.32 Å². The van der Waals surface area contributed by atoms with Crippen molar-refractivity contribution in [3.63, 3.8) is 0 Å². The summed E-state index contributed by atoms with van der Waals surface area (Å²) in [5.74, 6) is 0.539. The van der Waals surface area contributed by atoms with Crippen LogP contribution in [0.5, 0.6) is 5.75 Å². The number of esters is 1. The summed E-state index contributed by atoms with van der Waals surface area (Å²) >= 11 is 0. The van der Waals surface area contributed by atoms with Gasteiger partial charge in [-0.15, -0.1) is 0 Å². The maximum absolute atomic E-state index is 11.9. The topological polar surface area (TPSA) is 47.6 Å². The van der Waals surface area contributed by atoms with Gasteiger partial charge in [-0.1, -0.05) is 18.2 Å². The first-order chi connectivity index (χ1) is 8.98. The van der Waals surface area contributed by atoms with Gasteiger partial charge < -0.3 is 9.47 Å². The largest absolute Gasteiger partial charge is 0.494 e. The number of hydrogen-bond acceptors (Lipinski definition) is 4. The molecule has 1 unspecified atom stereocenters. The van der Waals surface area contributed by atoms with Crippen molar-refractivity contribution in [1.82, 2.24) is 5.32 Å². The van der Waals surface area contributed by atoms with Gasteiger partial charge in [0.15, 0.2) is 0 Å². The maximum Gasteiger partial charge on any atom is 0.325 e. The lowest BCUT2D eigenvalue weighted by atomic mass is 9.97. The van der Waals surface area contributed by atoms with Gasteiger partial charge in [0.1, 0.15) is 11.3 Å². The van der Waals surface area contributed by atoms with Crippen molar-refractivity contribution >= 4 is 5.97 Å². The van der Waals surface area contributed by atoms with Crippen molar-refractivity contribution in [3.05, 3.63) is 30.3 Å². The number of carbonyl (C=O) groups excluding carboxylic acids is 1. The zero-order valence-electron chi connectivity index (χ0n) is 12.1. The van der Waals surface area contributed by atoms with Crippen LogP contribution >= 0.6 is 0 Å². The number of benzene rings is 1. The Morgan fingerprint density at radius 3 is 2.47 bits per heavy atom. The van der Waals surface area contributed by atoms with E-state index in [1.54, 1.807) is 0 Å². The first kappa shape index (κ1) is 15.5. The van der Waals surface area contributed by atoms with Gasteiger partial charge in [-0.25, -0.2) is 0 Å². The zero-order valence-corrected chi connectivity index (χ0v) is 12.1. The molecule has 0 spiro atoms. The van der Waals surface area contributed by atoms with Crippen LogP contribution in [0.15, 0.2) is 30.3 Å². The Hall–Kier alpha value is -1.55. The molecule has 0 aromatic heterocycles. The summed E-state index contributed by atoms with van der Waals surface area (Å²) < 4.78 is 10.5. The first-order valence-electron chi connectivity index (χ1n) is 6.52. The van der Waals surface area contributed by atoms with Gasteiger partial charge >= 0.3 is 5.97 Å². The Balaban J connectivity index is 2.56. The molecule has 0 aliphatic heterocycles. The van der Waals surface area contributed by atoms with Crippen LogP contribution in [0.4, 0.5) is 0 Å². The highest BCUT2D eigenvalue weighted by Gasteiger charge is 2.34. The number of nitrogens with one attached hydrogen (secondary N) is 1. The van der Waals surface area contributed by atoms with E-state index in [4.69, 9.17) is 9.47 Å². The molecule has 0 heterocycles. The van der Waals surface area contributed by atoms with Crippen LogP contribution in [0.2, 0.25) is 0 Å². The van der Waals surface area contributed by atoms with Crippen molar-refractivity contribution < 1.29 is 14.3 Å². The predicted molar refractivity (Wildman–Crippen MR) is 75.2 cm³/mol. The zero-order chi connectivity index (χ0) is 14.3. The summed E-state index contributed by atoms with van der Waals surface area (Å²) in [4.78, 5) is 11.9. The summed E-state index contributed by atoms with van der Waals surface area (Å²) in [6.07, 6.45) is 0.548. The molecule has 1 N–H and O–H groups in total. The van der Waals surface area contributed by atoms with Crippen LogP contribution in [0.25, 0.3) is 0 Å². The Labute approximate surface area is 115 Å². The summed E-state index contributed by atoms with van der Waals surface area (Å²) in [6.45, 7) is 6.29. The molecule has 0 saturated heterocycles. The molecule has 0 fully saturated rings. The fourth-order valence-electron chi connectivity index (χ4n) is 1.99. The van der Waals surface area contributed by atoms with Crippen LogP contribution in [-0.2, 0) is 9.53 Å². The highest BCUT2D eigenvalue weighted by molar-refractivity contribution is 5.80. The lowest BCUT2D eigenvalue weighted by Gasteiger charge is -2.30. The number of methoxy groups -OCH3 is 1. The smallest absolute Gasteiger partial charge is 0.325 e. The minimum absolute atomic E-state index is 0.195. The van der Waals surface area contributed by atoms with E-state index >= 15 is 0 Å². The minimum atomic E-state index is -0.725. The normalized spacial score (nSPS) is 13.9. The number of para-hydroxylation sites is 1. The second kappa shape index (κ2) is 7.14. The highest BCUT2D eigenvalue weighted by atomic mass is 16.5. The van der Waals surface area contributed by atoms with Gasteiger partial charge in [-0.2, -0.15) is 0 Å². The molecule has 0 aliphatic rings. The van der Waals surface area contributed by atoms with E-state index in [0.29, 0.717) is 13.0 Å². The second-order valence-electron chi connectivity index (χ2n) is 5.03. The van der Waals surface area contributed by atoms with Gasteiger partial charge in [-0.05, 0) is 32.9 Å². The van der Waals surface area contributed by atoms with E-state index < -0.39 is 5.54 Å². The maximum atomic E-state index is 11.9. The molecule has 106 valence electrons. The molecule has 0 aliphatic carbocycles. The lowest BCUT2D eigenvalue weighted by molar-refractivity contribution is -0.148. The molecule has 0 radical (unpaired) electrons. The Morgan fingerprint density at radius 2 is 1.95 bits per heavy atom. The van der Waals surface area contributed by atoms with Gasteiger partial charge in [0.2, 0.25) is 0 Å². The van der Waals surface area contributed by atoms with E-state index in [0.717, 1.165) is 5.75 Å². The Morgan fingerprint density at radius 1 is 1.32 bits per heavy atom. The number of ether oxygens (including phenoxy) is 2. The second-order valence-corrected chi connectivity index (χ2v) is 5.03. The van der Waals surface area contributed by atoms with E-state index in [1.807, 2.05) is 51.1 Å². The first-order valence-corrected chi connectivity index (χ1v) is 6.52. The molecule has 19 heavy (non-hydrogen) atoms. The molecule has 0 bridgehead atoms. The van der Waals surface area contributed by atoms with Crippen molar-refractivity contribution in [2.24, 2.45) is 0 Å². The van der Waals surface area contributed by atoms with Crippen LogP contribution in [-0.4, -0.2) is 31.3 Å². The van der Waals surface area contributed by atoms with Gasteiger partial charge in [0.25, 0.3) is 0 Å².